The Balaban J connectivity index is 0. The van der Waals surface area contributed by atoms with Crippen molar-refractivity contribution in [1.82, 2.24) is 0 Å². The van der Waals surface area contributed by atoms with Crippen molar-refractivity contribution in [1.29, 1.82) is 0 Å². The molecule has 1 unspecified atom stereocenters. The maximum Gasteiger partial charge on any atom is 0 e. The molecule has 0 aromatic carbocycles. The predicted octanol–water partition coefficient (Wildman–Crippen LogP) is -0.173. The van der Waals surface area contributed by atoms with Gasteiger partial charge in [-0.15, -0.1) is 0 Å². The van der Waals surface area contributed by atoms with Gasteiger partial charge in [-0.3, -0.25) is 4.70 Å². The number of hydrogen-bond acceptors (Lipinski definition) is 0. The summed E-state index contributed by atoms with van der Waals surface area (Å²) in [5.41, 5.74) is 0. The zero-order valence-corrected chi connectivity index (χ0v) is 4.99. The predicted molar refractivity (Wildman–Crippen MR) is 19.4 cm³/mol. The van der Waals surface area contributed by atoms with Gasteiger partial charge < -0.3 is 0 Å². The average Bonchev–Trinajstić information content (AvgIpc) is 0. The molecular formula is H4FFeLiP. The van der Waals surface area contributed by atoms with Crippen LogP contribution in [0.4, 0.5) is 4.70 Å². The van der Waals surface area contributed by atoms with E-state index >= 15 is 0 Å². The van der Waals surface area contributed by atoms with Crippen molar-refractivity contribution in [2.24, 2.45) is 0 Å². The van der Waals surface area contributed by atoms with Crippen molar-refractivity contribution in [3.63, 3.8) is 0 Å². The molecule has 0 bridgehead atoms. The Kier molecular flexibility index (Phi) is 312. The van der Waals surface area contributed by atoms with E-state index in [1.165, 1.54) is 0 Å². The molecule has 1 atom stereocenters. The van der Waals surface area contributed by atoms with Gasteiger partial charge >= 0.3 is 0 Å². The molecule has 4 heavy (non-hydrogen) atoms. The monoisotopic (exact) mass is 117 g/mol. The van der Waals surface area contributed by atoms with Gasteiger partial charge in [-0.05, 0) is 0 Å². The first-order valence-corrected chi connectivity index (χ1v) is 0. The van der Waals surface area contributed by atoms with E-state index in [1.807, 2.05) is 0 Å². The average molecular weight is 117 g/mol. The van der Waals surface area contributed by atoms with Gasteiger partial charge in [0.1, 0.15) is 0 Å². The fourth-order valence-electron chi connectivity index (χ4n) is 0. The Morgan fingerprint density at radius 3 is 1.00 bits per heavy atom. The number of rotatable bonds is 0. The van der Waals surface area contributed by atoms with Crippen LogP contribution in [0.3, 0.4) is 0 Å². The third-order valence-electron chi connectivity index (χ3n) is 0. The van der Waals surface area contributed by atoms with E-state index in [-0.39, 0.29) is 50.5 Å². The van der Waals surface area contributed by atoms with Crippen molar-refractivity contribution < 1.29 is 21.8 Å². The maximum atomic E-state index is 0. The number of hydrogen-bond donors (Lipinski definition) is 0. The summed E-state index contributed by atoms with van der Waals surface area (Å²) in [6.45, 7) is 0. The van der Waals surface area contributed by atoms with Crippen LogP contribution in [0.25, 0.3) is 0 Å². The molecule has 0 fully saturated rings. The summed E-state index contributed by atoms with van der Waals surface area (Å²) in [5, 5.41) is 0. The molecule has 0 heterocycles. The van der Waals surface area contributed by atoms with Gasteiger partial charge in [0.25, 0.3) is 0 Å². The van der Waals surface area contributed by atoms with E-state index in [4.69, 9.17) is 0 Å². The molecule has 0 aromatic heterocycles. The maximum absolute atomic E-state index is 0. The molecule has 0 amide bonds. The van der Waals surface area contributed by atoms with Crippen molar-refractivity contribution in [3.8, 4) is 0 Å². The normalized spacial score (nSPS) is 0. The van der Waals surface area contributed by atoms with Crippen LogP contribution in [0.2, 0.25) is 0 Å². The van der Waals surface area contributed by atoms with E-state index in [2.05, 4.69) is 0 Å². The van der Waals surface area contributed by atoms with Crippen molar-refractivity contribution in [2.45, 2.75) is 0 Å². The summed E-state index contributed by atoms with van der Waals surface area (Å²) < 4.78 is 0. The fraction of sp³-hybridized carbons (Fsp3) is 0. The smallest absolute Gasteiger partial charge is 0 e. The first-order chi connectivity index (χ1) is 0. The van der Waals surface area contributed by atoms with Crippen molar-refractivity contribution >= 4 is 28.8 Å². The van der Waals surface area contributed by atoms with Crippen LogP contribution in [0, 0.1) is 0 Å². The molecule has 1 radical (unpaired) electrons. The Morgan fingerprint density at radius 2 is 1.00 bits per heavy atom. The fourth-order valence-corrected chi connectivity index (χ4v) is 0. The minimum absolute atomic E-state index is 0. The molecule has 4 heteroatoms. The van der Waals surface area contributed by atoms with Crippen LogP contribution in [0.5, 0.6) is 0 Å². The van der Waals surface area contributed by atoms with Gasteiger partial charge in [0.15, 0.2) is 0 Å². The second-order valence-corrected chi connectivity index (χ2v) is 0. The summed E-state index contributed by atoms with van der Waals surface area (Å²) in [6, 6.07) is 0. The van der Waals surface area contributed by atoms with Gasteiger partial charge in [-0.25, -0.2) is 0 Å². The Morgan fingerprint density at radius 1 is 1.00 bits per heavy atom. The molecule has 0 nitrogen and oxygen atoms in total. The Bertz CT molecular complexity index is 8.00. The molecule has 0 saturated heterocycles. The zero-order chi connectivity index (χ0) is 0. The second-order valence-electron chi connectivity index (χ2n) is 0. The molecule has 0 aliphatic carbocycles. The molecule has 0 N–H and O–H groups in total. The van der Waals surface area contributed by atoms with Gasteiger partial charge in [0.2, 0.25) is 0 Å². The summed E-state index contributed by atoms with van der Waals surface area (Å²) in [6.07, 6.45) is 0. The summed E-state index contributed by atoms with van der Waals surface area (Å²) in [7, 11) is 0. The quantitative estimate of drug-likeness (QED) is 0.305. The van der Waals surface area contributed by atoms with Crippen LogP contribution in [-0.4, -0.2) is 18.9 Å². The zero-order valence-electron chi connectivity index (χ0n) is 2.47. The Labute approximate surface area is 50.7 Å². The van der Waals surface area contributed by atoms with E-state index in [0.717, 1.165) is 0 Å². The molecule has 0 rings (SSSR count). The topological polar surface area (TPSA) is 0 Å². The van der Waals surface area contributed by atoms with E-state index in [1.54, 1.807) is 0 Å². The molecule has 0 saturated carbocycles. The molecule has 0 aromatic rings. The van der Waals surface area contributed by atoms with Crippen LogP contribution < -0.4 is 0 Å². The first kappa shape index (κ1) is 50.3. The SMILES string of the molecule is F.P.[Fe].[Li]. The van der Waals surface area contributed by atoms with E-state index in [9.17, 15) is 0 Å². The largest absolute Gasteiger partial charge is 0.269 e. The van der Waals surface area contributed by atoms with Crippen molar-refractivity contribution in [2.75, 3.05) is 0 Å². The standard InChI is InChI=1S/FH.Fe.Li.H3P/h1H;;;1H3. The molecule has 0 aliphatic heterocycles. The van der Waals surface area contributed by atoms with Crippen LogP contribution in [-0.2, 0) is 17.1 Å². The molecule has 0 spiro atoms. The van der Waals surface area contributed by atoms with E-state index in [0.29, 0.717) is 0 Å². The van der Waals surface area contributed by atoms with Crippen LogP contribution in [0.1, 0.15) is 0 Å². The summed E-state index contributed by atoms with van der Waals surface area (Å²) in [4.78, 5) is 0. The van der Waals surface area contributed by atoms with Crippen molar-refractivity contribution in [3.05, 3.63) is 0 Å². The molecular weight excluding hydrogens is 113 g/mol. The molecule has 25 valence electrons. The number of halogens is 1. The second kappa shape index (κ2) is 24.8. The van der Waals surface area contributed by atoms with Gasteiger partial charge in [0, 0.05) is 35.9 Å². The first-order valence-electron chi connectivity index (χ1n) is 0. The van der Waals surface area contributed by atoms with Gasteiger partial charge in [0.05, 0.1) is 0 Å². The molecule has 0 aliphatic rings. The third kappa shape index (κ3) is 9.78. The Hall–Kier alpha value is 1.48. The minimum atomic E-state index is 0. The summed E-state index contributed by atoms with van der Waals surface area (Å²) >= 11 is 0. The van der Waals surface area contributed by atoms with Crippen LogP contribution >= 0.6 is 9.90 Å². The summed E-state index contributed by atoms with van der Waals surface area (Å²) in [5.74, 6) is 0. The minimum Gasteiger partial charge on any atom is -0.269 e. The van der Waals surface area contributed by atoms with Gasteiger partial charge in [-0.1, -0.05) is 0 Å². The van der Waals surface area contributed by atoms with Gasteiger partial charge in [-0.2, -0.15) is 9.90 Å². The third-order valence-corrected chi connectivity index (χ3v) is 0. The van der Waals surface area contributed by atoms with Crippen LogP contribution in [0.15, 0.2) is 0 Å². The van der Waals surface area contributed by atoms with E-state index < -0.39 is 0 Å².